The van der Waals surface area contributed by atoms with E-state index in [0.29, 0.717) is 0 Å². The second-order valence-corrected chi connectivity index (χ2v) is 3.23. The van der Waals surface area contributed by atoms with E-state index in [1.54, 1.807) is 0 Å². The molecule has 0 saturated carbocycles. The first-order valence-corrected chi connectivity index (χ1v) is 4.61. The summed E-state index contributed by atoms with van der Waals surface area (Å²) in [6, 6.07) is 4.15. The lowest BCUT2D eigenvalue weighted by atomic mass is 10.1. The predicted molar refractivity (Wildman–Crippen MR) is 54.6 cm³/mol. The van der Waals surface area contributed by atoms with Gasteiger partial charge in [0.05, 0.1) is 11.1 Å². The van der Waals surface area contributed by atoms with Gasteiger partial charge in [0.1, 0.15) is 5.75 Å². The smallest absolute Gasteiger partial charge is 0.335 e. The van der Waals surface area contributed by atoms with Gasteiger partial charge < -0.3 is 4.74 Å². The van der Waals surface area contributed by atoms with Crippen molar-refractivity contribution in [2.45, 2.75) is 0 Å². The Morgan fingerprint density at radius 1 is 1.35 bits per heavy atom. The molecule has 1 N–H and O–H groups in total. The third-order valence-corrected chi connectivity index (χ3v) is 2.23. The number of esters is 1. The maximum atomic E-state index is 11.5. The van der Waals surface area contributed by atoms with Crippen LogP contribution in [0.15, 0.2) is 30.9 Å². The minimum absolute atomic E-state index is 0.00753. The van der Waals surface area contributed by atoms with Gasteiger partial charge in [0.25, 0.3) is 11.8 Å². The average Bonchev–Trinajstić information content (AvgIpc) is 2.55. The van der Waals surface area contributed by atoms with Gasteiger partial charge in [-0.3, -0.25) is 14.8 Å². The van der Waals surface area contributed by atoms with E-state index in [1.165, 1.54) is 18.2 Å². The highest BCUT2D eigenvalue weighted by Gasteiger charge is 2.37. The molecule has 0 atom stereocenters. The topological polar surface area (TPSA) is 83.9 Å². The Morgan fingerprint density at radius 3 is 2.71 bits per heavy atom. The lowest BCUT2D eigenvalue weighted by molar-refractivity contribution is -0.128. The summed E-state index contributed by atoms with van der Waals surface area (Å²) >= 11 is 0. The van der Waals surface area contributed by atoms with E-state index in [4.69, 9.17) is 4.74 Å². The number of amides is 2. The molecule has 0 aliphatic carbocycles. The van der Waals surface area contributed by atoms with Gasteiger partial charge in [0, 0.05) is 6.08 Å². The molecule has 6 nitrogen and oxygen atoms in total. The van der Waals surface area contributed by atoms with Crippen molar-refractivity contribution in [2.24, 2.45) is 0 Å². The van der Waals surface area contributed by atoms with Gasteiger partial charge in [-0.25, -0.2) is 4.79 Å². The minimum atomic E-state index is -0.919. The van der Waals surface area contributed by atoms with Crippen molar-refractivity contribution in [3.8, 4) is 5.75 Å². The molecule has 0 saturated heterocycles. The summed E-state index contributed by atoms with van der Waals surface area (Å²) in [5.74, 6) is -2.60. The highest BCUT2D eigenvalue weighted by atomic mass is 16.5. The molecule has 1 aliphatic heterocycles. The molecule has 0 spiro atoms. The van der Waals surface area contributed by atoms with E-state index in [2.05, 4.69) is 6.58 Å². The number of nitrogens with zero attached hydrogens (tertiary/aromatic N) is 1. The van der Waals surface area contributed by atoms with Crippen LogP contribution in [0.1, 0.15) is 20.7 Å². The molecule has 1 aromatic carbocycles. The summed E-state index contributed by atoms with van der Waals surface area (Å²) in [5, 5.41) is 9.16. The Labute approximate surface area is 95.7 Å². The normalized spacial score (nSPS) is 13.6. The van der Waals surface area contributed by atoms with Gasteiger partial charge in [-0.05, 0) is 12.1 Å². The zero-order chi connectivity index (χ0) is 12.6. The number of hydrogen-bond acceptors (Lipinski definition) is 5. The lowest BCUT2D eigenvalue weighted by Crippen LogP contribution is -2.25. The Morgan fingerprint density at radius 2 is 2.06 bits per heavy atom. The molecule has 0 radical (unpaired) electrons. The number of benzene rings is 1. The lowest BCUT2D eigenvalue weighted by Gasteiger charge is -2.04. The van der Waals surface area contributed by atoms with Crippen LogP contribution in [0.4, 0.5) is 0 Å². The second-order valence-electron chi connectivity index (χ2n) is 3.23. The SMILES string of the molecule is C=CC(=O)Oc1cccc2c1C(=O)N(O)C2=O. The van der Waals surface area contributed by atoms with Crippen LogP contribution in [0, 0.1) is 0 Å². The predicted octanol–water partition coefficient (Wildman–Crippen LogP) is 0.763. The molecule has 1 aromatic rings. The zero-order valence-corrected chi connectivity index (χ0v) is 8.54. The molecule has 1 heterocycles. The number of imide groups is 1. The Balaban J connectivity index is 2.52. The van der Waals surface area contributed by atoms with Crippen molar-refractivity contribution in [2.75, 3.05) is 0 Å². The fourth-order valence-electron chi connectivity index (χ4n) is 1.48. The van der Waals surface area contributed by atoms with Gasteiger partial charge in [0.2, 0.25) is 0 Å². The number of carbonyl (C=O) groups is 3. The Kier molecular flexibility index (Phi) is 2.49. The van der Waals surface area contributed by atoms with Crippen LogP contribution in [-0.4, -0.2) is 28.1 Å². The third kappa shape index (κ3) is 1.60. The molecular formula is C11H7NO5. The van der Waals surface area contributed by atoms with Gasteiger partial charge >= 0.3 is 5.97 Å². The van der Waals surface area contributed by atoms with Crippen molar-refractivity contribution in [3.05, 3.63) is 42.0 Å². The van der Waals surface area contributed by atoms with E-state index in [0.717, 1.165) is 6.08 Å². The van der Waals surface area contributed by atoms with E-state index >= 15 is 0 Å². The van der Waals surface area contributed by atoms with Crippen LogP contribution < -0.4 is 4.74 Å². The van der Waals surface area contributed by atoms with Crippen LogP contribution in [0.3, 0.4) is 0 Å². The number of ether oxygens (including phenoxy) is 1. The molecule has 2 rings (SSSR count). The van der Waals surface area contributed by atoms with Crippen LogP contribution >= 0.6 is 0 Å². The molecule has 0 aromatic heterocycles. The number of rotatable bonds is 2. The van der Waals surface area contributed by atoms with E-state index in [9.17, 15) is 19.6 Å². The fraction of sp³-hybridized carbons (Fsp3) is 0. The third-order valence-electron chi connectivity index (χ3n) is 2.23. The monoisotopic (exact) mass is 233 g/mol. The van der Waals surface area contributed by atoms with Gasteiger partial charge in [-0.1, -0.05) is 12.6 Å². The van der Waals surface area contributed by atoms with Gasteiger partial charge in [0.15, 0.2) is 0 Å². The number of hydroxylamine groups is 2. The second kappa shape index (κ2) is 3.84. The first kappa shape index (κ1) is 11.0. The van der Waals surface area contributed by atoms with E-state index in [-0.39, 0.29) is 21.9 Å². The molecule has 0 fully saturated rings. The van der Waals surface area contributed by atoms with Gasteiger partial charge in [-0.2, -0.15) is 0 Å². The summed E-state index contributed by atoms with van der Waals surface area (Å²) in [5.41, 5.74) is -0.137. The zero-order valence-electron chi connectivity index (χ0n) is 8.54. The molecular weight excluding hydrogens is 226 g/mol. The molecule has 86 valence electrons. The minimum Gasteiger partial charge on any atom is -0.423 e. The number of hydrogen-bond donors (Lipinski definition) is 1. The molecule has 2 amide bonds. The first-order valence-electron chi connectivity index (χ1n) is 4.61. The average molecular weight is 233 g/mol. The van der Waals surface area contributed by atoms with Crippen LogP contribution in [0.5, 0.6) is 5.75 Å². The van der Waals surface area contributed by atoms with Crippen LogP contribution in [0.25, 0.3) is 0 Å². The van der Waals surface area contributed by atoms with Crippen LogP contribution in [0.2, 0.25) is 0 Å². The molecule has 1 aliphatic rings. The largest absolute Gasteiger partial charge is 0.423 e. The van der Waals surface area contributed by atoms with Crippen molar-refractivity contribution in [3.63, 3.8) is 0 Å². The fourth-order valence-corrected chi connectivity index (χ4v) is 1.48. The summed E-state index contributed by atoms with van der Waals surface area (Å²) in [6.45, 7) is 3.21. The van der Waals surface area contributed by atoms with E-state index in [1.807, 2.05) is 0 Å². The van der Waals surface area contributed by atoms with Crippen molar-refractivity contribution in [1.29, 1.82) is 0 Å². The van der Waals surface area contributed by atoms with Crippen LogP contribution in [-0.2, 0) is 4.79 Å². The number of carbonyl (C=O) groups excluding carboxylic acids is 3. The molecule has 17 heavy (non-hydrogen) atoms. The summed E-state index contributed by atoms with van der Waals surface area (Å²) in [6.07, 6.45) is 0.928. The maximum absolute atomic E-state index is 11.5. The highest BCUT2D eigenvalue weighted by molar-refractivity contribution is 6.21. The van der Waals surface area contributed by atoms with E-state index < -0.39 is 17.8 Å². The standard InChI is InChI=1S/C11H7NO5/c1-2-8(13)17-7-5-3-4-6-9(7)11(15)12(16)10(6)14/h2-5,16H,1H2. The highest BCUT2D eigenvalue weighted by Crippen LogP contribution is 2.30. The Bertz CT molecular complexity index is 549. The quantitative estimate of drug-likeness (QED) is 0.268. The summed E-state index contributed by atoms with van der Waals surface area (Å²) in [7, 11) is 0. The van der Waals surface area contributed by atoms with Crippen molar-refractivity contribution in [1.82, 2.24) is 5.06 Å². The first-order chi connectivity index (χ1) is 8.06. The molecule has 0 unspecified atom stereocenters. The van der Waals surface area contributed by atoms with Gasteiger partial charge in [-0.15, -0.1) is 5.06 Å². The number of fused-ring (bicyclic) bond motifs is 1. The van der Waals surface area contributed by atoms with Crippen molar-refractivity contribution >= 4 is 17.8 Å². The maximum Gasteiger partial charge on any atom is 0.335 e. The molecule has 6 heteroatoms. The molecule has 0 bridgehead atoms. The summed E-state index contributed by atoms with van der Waals surface area (Å²) in [4.78, 5) is 34.0. The van der Waals surface area contributed by atoms with Crippen molar-refractivity contribution < 1.29 is 24.3 Å². The summed E-state index contributed by atoms with van der Waals surface area (Å²) < 4.78 is 4.81. The Hall–Kier alpha value is -2.47.